The third kappa shape index (κ3) is 14.7. The van der Waals surface area contributed by atoms with E-state index in [-0.39, 0.29) is 18.4 Å². The number of nitrogens with one attached hydrogen (secondary N) is 1. The number of carboxylic acids is 1. The maximum atomic E-state index is 12.0. The van der Waals surface area contributed by atoms with E-state index in [4.69, 9.17) is 9.84 Å². The van der Waals surface area contributed by atoms with Crippen molar-refractivity contribution in [2.75, 3.05) is 33.9 Å². The molecule has 0 saturated heterocycles. The lowest BCUT2D eigenvalue weighted by molar-refractivity contribution is -0.137. The van der Waals surface area contributed by atoms with E-state index in [0.29, 0.717) is 13.0 Å². The summed E-state index contributed by atoms with van der Waals surface area (Å²) in [6.45, 7) is 2.14. The molecule has 0 unspecified atom stereocenters. The summed E-state index contributed by atoms with van der Waals surface area (Å²) in [5.41, 5.74) is 1.36. The van der Waals surface area contributed by atoms with Gasteiger partial charge in [0.05, 0.1) is 12.5 Å². The first-order chi connectivity index (χ1) is 14.0. The van der Waals surface area contributed by atoms with E-state index in [2.05, 4.69) is 29.6 Å². The number of likely N-dealkylation sites (N-methyl/N-ethyl adjacent to an activating group) is 1. The lowest BCUT2D eigenvalue weighted by Crippen LogP contribution is -2.42. The van der Waals surface area contributed by atoms with Gasteiger partial charge in [-0.1, -0.05) is 49.6 Å². The van der Waals surface area contributed by atoms with Crippen molar-refractivity contribution in [3.8, 4) is 0 Å². The number of carbonyl (C=O) groups excluding carboxylic acids is 1. The van der Waals surface area contributed by atoms with Crippen LogP contribution in [0.4, 0.5) is 0 Å². The Morgan fingerprint density at radius 1 is 1.00 bits per heavy atom. The summed E-state index contributed by atoms with van der Waals surface area (Å²) >= 11 is 0. The average Bonchev–Trinajstić information content (AvgIpc) is 2.65. The van der Waals surface area contributed by atoms with Crippen molar-refractivity contribution in [1.82, 2.24) is 10.2 Å². The lowest BCUT2D eigenvalue weighted by Gasteiger charge is -2.20. The fourth-order valence-corrected chi connectivity index (χ4v) is 3.26. The first-order valence-corrected chi connectivity index (χ1v) is 10.7. The number of carboxylic acid groups (broad SMARTS) is 1. The molecule has 1 amide bonds. The molecule has 29 heavy (non-hydrogen) atoms. The van der Waals surface area contributed by atoms with E-state index >= 15 is 0 Å². The second kappa shape index (κ2) is 15.9. The Labute approximate surface area is 175 Å². The molecule has 164 valence electrons. The predicted molar refractivity (Wildman–Crippen MR) is 116 cm³/mol. The van der Waals surface area contributed by atoms with Gasteiger partial charge in [0.25, 0.3) is 0 Å². The van der Waals surface area contributed by atoms with Crippen LogP contribution in [0.1, 0.15) is 56.9 Å². The molecule has 0 bridgehead atoms. The number of benzene rings is 1. The number of aliphatic carboxylic acids is 1. The first kappa shape index (κ1) is 25.1. The van der Waals surface area contributed by atoms with Crippen molar-refractivity contribution >= 4 is 11.9 Å². The number of nitrogens with zero attached hydrogens (tertiary/aromatic N) is 1. The molecule has 0 heterocycles. The van der Waals surface area contributed by atoms with Gasteiger partial charge in [0.2, 0.25) is 5.91 Å². The number of hydrogen-bond donors (Lipinski definition) is 2. The summed E-state index contributed by atoms with van der Waals surface area (Å²) in [4.78, 5) is 24.8. The third-order valence-corrected chi connectivity index (χ3v) is 4.66. The predicted octanol–water partition coefficient (Wildman–Crippen LogP) is 3.50. The zero-order valence-corrected chi connectivity index (χ0v) is 18.1. The van der Waals surface area contributed by atoms with Crippen LogP contribution in [-0.2, 0) is 20.7 Å². The topological polar surface area (TPSA) is 78.9 Å². The largest absolute Gasteiger partial charge is 0.481 e. The number of unbranched alkanes of at least 4 members (excludes halogenated alkanes) is 4. The van der Waals surface area contributed by atoms with Gasteiger partial charge >= 0.3 is 5.97 Å². The highest BCUT2D eigenvalue weighted by molar-refractivity contribution is 5.77. The van der Waals surface area contributed by atoms with Gasteiger partial charge < -0.3 is 20.1 Å². The molecular weight excluding hydrogens is 368 g/mol. The highest BCUT2D eigenvalue weighted by atomic mass is 16.5. The summed E-state index contributed by atoms with van der Waals surface area (Å²) in [5, 5.41) is 11.8. The quantitative estimate of drug-likeness (QED) is 0.387. The molecule has 0 aliphatic rings. The maximum absolute atomic E-state index is 12.0. The molecule has 0 aliphatic heterocycles. The maximum Gasteiger partial charge on any atom is 0.305 e. The fraction of sp³-hybridized carbons (Fsp3) is 0.652. The molecule has 0 fully saturated rings. The van der Waals surface area contributed by atoms with Crippen LogP contribution >= 0.6 is 0 Å². The van der Waals surface area contributed by atoms with E-state index in [1.54, 1.807) is 0 Å². The van der Waals surface area contributed by atoms with Crippen molar-refractivity contribution in [1.29, 1.82) is 0 Å². The molecule has 0 saturated carbocycles. The van der Waals surface area contributed by atoms with Gasteiger partial charge in [0.15, 0.2) is 0 Å². The SMILES string of the molecule is CN(C)C[C@@H](CC(=O)O)NC(=O)CCCCCCCOCCCc1ccccc1. The number of rotatable bonds is 17. The van der Waals surface area contributed by atoms with Crippen LogP contribution in [0.25, 0.3) is 0 Å². The van der Waals surface area contributed by atoms with E-state index in [1.807, 2.05) is 25.1 Å². The van der Waals surface area contributed by atoms with Crippen molar-refractivity contribution in [3.63, 3.8) is 0 Å². The lowest BCUT2D eigenvalue weighted by atomic mass is 10.1. The van der Waals surface area contributed by atoms with E-state index in [1.165, 1.54) is 5.56 Å². The second-order valence-electron chi connectivity index (χ2n) is 7.84. The Hall–Kier alpha value is -1.92. The van der Waals surface area contributed by atoms with Gasteiger partial charge in [-0.25, -0.2) is 0 Å². The van der Waals surface area contributed by atoms with Crippen molar-refractivity contribution < 1.29 is 19.4 Å². The minimum atomic E-state index is -0.889. The molecular formula is C23H38N2O4. The van der Waals surface area contributed by atoms with E-state index in [0.717, 1.165) is 58.2 Å². The first-order valence-electron chi connectivity index (χ1n) is 10.7. The summed E-state index contributed by atoms with van der Waals surface area (Å²) < 4.78 is 5.69. The zero-order valence-electron chi connectivity index (χ0n) is 18.1. The van der Waals surface area contributed by atoms with Crippen molar-refractivity contribution in [3.05, 3.63) is 35.9 Å². The van der Waals surface area contributed by atoms with Crippen LogP contribution in [0.2, 0.25) is 0 Å². The van der Waals surface area contributed by atoms with E-state index < -0.39 is 5.97 Å². The molecule has 1 atom stereocenters. The van der Waals surface area contributed by atoms with Crippen LogP contribution < -0.4 is 5.32 Å². The monoisotopic (exact) mass is 406 g/mol. The standard InChI is InChI=1S/C23H38N2O4/c1-25(2)19-21(18-23(27)28)24-22(26)15-9-4-3-5-10-16-29-17-11-14-20-12-7-6-8-13-20/h6-8,12-13,21H,3-5,9-11,14-19H2,1-2H3,(H,24,26)(H,27,28)/t21-/m1/s1. The van der Waals surface area contributed by atoms with Crippen molar-refractivity contribution in [2.45, 2.75) is 63.8 Å². The summed E-state index contributed by atoms with van der Waals surface area (Å²) in [7, 11) is 3.74. The van der Waals surface area contributed by atoms with E-state index in [9.17, 15) is 9.59 Å². The molecule has 6 heteroatoms. The smallest absolute Gasteiger partial charge is 0.305 e. The second-order valence-corrected chi connectivity index (χ2v) is 7.84. The Balaban J connectivity index is 1.95. The molecule has 0 aliphatic carbocycles. The molecule has 0 radical (unpaired) electrons. The van der Waals surface area contributed by atoms with Gasteiger partial charge in [-0.15, -0.1) is 0 Å². The zero-order chi connectivity index (χ0) is 21.3. The third-order valence-electron chi connectivity index (χ3n) is 4.66. The Kier molecular flexibility index (Phi) is 13.8. The minimum Gasteiger partial charge on any atom is -0.481 e. The van der Waals surface area contributed by atoms with Crippen LogP contribution in [0.5, 0.6) is 0 Å². The Bertz CT molecular complexity index is 563. The highest BCUT2D eigenvalue weighted by Crippen LogP contribution is 2.07. The van der Waals surface area contributed by atoms with Gasteiger partial charge in [-0.3, -0.25) is 9.59 Å². The Morgan fingerprint density at radius 2 is 1.66 bits per heavy atom. The number of hydrogen-bond acceptors (Lipinski definition) is 4. The molecule has 6 nitrogen and oxygen atoms in total. The van der Waals surface area contributed by atoms with Gasteiger partial charge in [-0.05, 0) is 45.3 Å². The fourth-order valence-electron chi connectivity index (χ4n) is 3.26. The molecule has 1 aromatic rings. The Morgan fingerprint density at radius 3 is 2.34 bits per heavy atom. The summed E-state index contributed by atoms with van der Waals surface area (Å²) in [6.07, 6.45) is 7.64. The summed E-state index contributed by atoms with van der Waals surface area (Å²) in [6, 6.07) is 10.1. The highest BCUT2D eigenvalue weighted by Gasteiger charge is 2.16. The molecule has 0 aromatic heterocycles. The average molecular weight is 407 g/mol. The van der Waals surface area contributed by atoms with Crippen LogP contribution in [-0.4, -0.2) is 61.8 Å². The number of carbonyl (C=O) groups is 2. The molecule has 1 aromatic carbocycles. The molecule has 2 N–H and O–H groups in total. The van der Waals surface area contributed by atoms with Crippen LogP contribution in [0.3, 0.4) is 0 Å². The minimum absolute atomic E-state index is 0.0464. The van der Waals surface area contributed by atoms with Gasteiger partial charge in [0.1, 0.15) is 0 Å². The molecule has 0 spiro atoms. The van der Waals surface area contributed by atoms with Crippen LogP contribution in [0, 0.1) is 0 Å². The molecule has 1 rings (SSSR count). The summed E-state index contributed by atoms with van der Waals surface area (Å²) in [5.74, 6) is -0.945. The number of amides is 1. The number of ether oxygens (including phenoxy) is 1. The van der Waals surface area contributed by atoms with Gasteiger partial charge in [0, 0.05) is 26.2 Å². The number of aryl methyl sites for hydroxylation is 1. The van der Waals surface area contributed by atoms with Crippen molar-refractivity contribution in [2.24, 2.45) is 0 Å². The van der Waals surface area contributed by atoms with Gasteiger partial charge in [-0.2, -0.15) is 0 Å². The van der Waals surface area contributed by atoms with Crippen LogP contribution in [0.15, 0.2) is 30.3 Å². The normalized spacial score (nSPS) is 12.1.